The molecule has 1 saturated carbocycles. The van der Waals surface area contributed by atoms with Gasteiger partial charge in [0, 0.05) is 7.11 Å². The number of hydrazine groups is 1. The average Bonchev–Trinajstić information content (AvgIpc) is 2.81. The molecule has 0 unspecified atom stereocenters. The fourth-order valence-corrected chi connectivity index (χ4v) is 2.98. The predicted molar refractivity (Wildman–Crippen MR) is 64.3 cm³/mol. The Bertz CT molecular complexity index is 374. The van der Waals surface area contributed by atoms with Crippen LogP contribution >= 0.6 is 11.3 Å². The van der Waals surface area contributed by atoms with E-state index in [2.05, 4.69) is 5.43 Å². The third kappa shape index (κ3) is 2.21. The van der Waals surface area contributed by atoms with E-state index in [-0.39, 0.29) is 18.8 Å². The van der Waals surface area contributed by atoms with Crippen LogP contribution in [0.4, 0.5) is 0 Å². The monoisotopic (exact) mass is 256 g/mol. The van der Waals surface area contributed by atoms with E-state index in [1.54, 1.807) is 18.4 Å². The molecule has 0 aliphatic heterocycles. The fourth-order valence-electron chi connectivity index (χ4n) is 2.23. The SMILES string of the molecule is COCO[C@H]1C[C@](C(=O)NN)(c2ccsc2)C1. The number of carbonyl (C=O) groups is 1. The minimum atomic E-state index is -0.521. The summed E-state index contributed by atoms with van der Waals surface area (Å²) in [6.45, 7) is 0.259. The molecule has 0 bridgehead atoms. The summed E-state index contributed by atoms with van der Waals surface area (Å²) in [4.78, 5) is 11.9. The second kappa shape index (κ2) is 5.14. The number of hydrogen-bond donors (Lipinski definition) is 2. The molecule has 0 atom stereocenters. The maximum Gasteiger partial charge on any atom is 0.244 e. The Morgan fingerprint density at radius 3 is 3.00 bits per heavy atom. The van der Waals surface area contributed by atoms with Gasteiger partial charge in [0.25, 0.3) is 0 Å². The van der Waals surface area contributed by atoms with Crippen LogP contribution in [0.3, 0.4) is 0 Å². The van der Waals surface area contributed by atoms with Gasteiger partial charge in [-0.1, -0.05) is 0 Å². The van der Waals surface area contributed by atoms with E-state index in [4.69, 9.17) is 15.3 Å². The zero-order valence-corrected chi connectivity index (χ0v) is 10.5. The molecule has 1 aliphatic rings. The van der Waals surface area contributed by atoms with Gasteiger partial charge in [-0.05, 0) is 35.2 Å². The number of thiophene rings is 1. The molecule has 5 nitrogen and oxygen atoms in total. The van der Waals surface area contributed by atoms with Crippen molar-refractivity contribution in [3.05, 3.63) is 22.4 Å². The lowest BCUT2D eigenvalue weighted by Gasteiger charge is -2.45. The highest BCUT2D eigenvalue weighted by atomic mass is 32.1. The van der Waals surface area contributed by atoms with E-state index in [0.29, 0.717) is 12.8 Å². The van der Waals surface area contributed by atoms with Crippen molar-refractivity contribution in [3.8, 4) is 0 Å². The first-order chi connectivity index (χ1) is 8.23. The first-order valence-electron chi connectivity index (χ1n) is 5.37. The lowest BCUT2D eigenvalue weighted by atomic mass is 9.62. The summed E-state index contributed by atoms with van der Waals surface area (Å²) in [5, 5.41) is 3.95. The molecule has 1 aromatic heterocycles. The van der Waals surface area contributed by atoms with E-state index in [9.17, 15) is 4.79 Å². The van der Waals surface area contributed by atoms with Crippen LogP contribution in [-0.4, -0.2) is 25.9 Å². The Labute approximate surface area is 104 Å². The average molecular weight is 256 g/mol. The van der Waals surface area contributed by atoms with Gasteiger partial charge in [0.2, 0.25) is 5.91 Å². The quantitative estimate of drug-likeness (QED) is 0.353. The fraction of sp³-hybridized carbons (Fsp3) is 0.545. The van der Waals surface area contributed by atoms with E-state index >= 15 is 0 Å². The van der Waals surface area contributed by atoms with Crippen LogP contribution in [0.5, 0.6) is 0 Å². The minimum Gasteiger partial charge on any atom is -0.359 e. The van der Waals surface area contributed by atoms with Crippen molar-refractivity contribution in [2.24, 2.45) is 5.84 Å². The van der Waals surface area contributed by atoms with Gasteiger partial charge in [-0.25, -0.2) is 5.84 Å². The van der Waals surface area contributed by atoms with Crippen molar-refractivity contribution >= 4 is 17.2 Å². The molecule has 0 aromatic carbocycles. The predicted octanol–water partition coefficient (Wildman–Crippen LogP) is 0.759. The topological polar surface area (TPSA) is 73.6 Å². The second-order valence-corrected chi connectivity index (χ2v) is 4.95. The van der Waals surface area contributed by atoms with Crippen molar-refractivity contribution in [2.75, 3.05) is 13.9 Å². The van der Waals surface area contributed by atoms with Gasteiger partial charge in [0.1, 0.15) is 6.79 Å². The molecular weight excluding hydrogens is 240 g/mol. The van der Waals surface area contributed by atoms with Crippen molar-refractivity contribution in [1.29, 1.82) is 0 Å². The van der Waals surface area contributed by atoms with Gasteiger partial charge in [-0.2, -0.15) is 11.3 Å². The number of amides is 1. The van der Waals surface area contributed by atoms with Crippen LogP contribution in [0.2, 0.25) is 0 Å². The number of carbonyl (C=O) groups excluding carboxylic acids is 1. The highest BCUT2D eigenvalue weighted by molar-refractivity contribution is 7.08. The standard InChI is InChI=1S/C11H16N2O3S/c1-15-7-16-9-4-11(5-9,10(14)13-12)8-2-3-17-6-8/h2-3,6,9H,4-5,7,12H2,1H3,(H,13,14)/t9-,11+. The van der Waals surface area contributed by atoms with Gasteiger partial charge in [-0.15, -0.1) is 0 Å². The lowest BCUT2D eigenvalue weighted by Crippen LogP contribution is -2.57. The van der Waals surface area contributed by atoms with Crippen LogP contribution in [0.1, 0.15) is 18.4 Å². The van der Waals surface area contributed by atoms with Gasteiger partial charge in [-0.3, -0.25) is 10.2 Å². The highest BCUT2D eigenvalue weighted by Crippen LogP contribution is 2.46. The zero-order valence-electron chi connectivity index (χ0n) is 9.64. The molecule has 3 N–H and O–H groups in total. The molecule has 1 aliphatic carbocycles. The summed E-state index contributed by atoms with van der Waals surface area (Å²) in [6.07, 6.45) is 1.36. The summed E-state index contributed by atoms with van der Waals surface area (Å²) in [5.41, 5.74) is 2.75. The molecule has 0 radical (unpaired) electrons. The van der Waals surface area contributed by atoms with Gasteiger partial charge >= 0.3 is 0 Å². The Kier molecular flexibility index (Phi) is 3.78. The van der Waals surface area contributed by atoms with Crippen LogP contribution < -0.4 is 11.3 Å². The molecule has 0 saturated heterocycles. The Morgan fingerprint density at radius 1 is 1.71 bits per heavy atom. The zero-order chi connectivity index (χ0) is 12.3. The Morgan fingerprint density at radius 2 is 2.47 bits per heavy atom. The van der Waals surface area contributed by atoms with Crippen LogP contribution in [-0.2, 0) is 19.7 Å². The molecular formula is C11H16N2O3S. The summed E-state index contributed by atoms with van der Waals surface area (Å²) >= 11 is 1.58. The normalized spacial score (nSPS) is 27.5. The molecule has 2 rings (SSSR count). The maximum absolute atomic E-state index is 11.9. The van der Waals surface area contributed by atoms with Gasteiger partial charge in [0.15, 0.2) is 0 Å². The summed E-state index contributed by atoms with van der Waals surface area (Å²) < 4.78 is 10.3. The largest absolute Gasteiger partial charge is 0.359 e. The Hall–Kier alpha value is -0.950. The summed E-state index contributed by atoms with van der Waals surface area (Å²) in [7, 11) is 1.58. The number of nitrogens with two attached hydrogens (primary N) is 1. The molecule has 1 amide bonds. The molecule has 94 valence electrons. The number of rotatable bonds is 5. The van der Waals surface area contributed by atoms with Crippen molar-refractivity contribution in [3.63, 3.8) is 0 Å². The number of hydrogen-bond acceptors (Lipinski definition) is 5. The Balaban J connectivity index is 2.06. The second-order valence-electron chi connectivity index (χ2n) is 4.17. The number of ether oxygens (including phenoxy) is 2. The lowest BCUT2D eigenvalue weighted by molar-refractivity contribution is -0.149. The summed E-state index contributed by atoms with van der Waals surface area (Å²) in [6, 6.07) is 1.96. The molecule has 1 aromatic rings. The van der Waals surface area contributed by atoms with Crippen molar-refractivity contribution < 1.29 is 14.3 Å². The molecule has 1 fully saturated rings. The maximum atomic E-state index is 11.9. The van der Waals surface area contributed by atoms with E-state index < -0.39 is 5.41 Å². The first-order valence-corrected chi connectivity index (χ1v) is 6.31. The summed E-state index contributed by atoms with van der Waals surface area (Å²) in [5.74, 6) is 5.11. The van der Waals surface area contributed by atoms with E-state index in [1.165, 1.54) is 0 Å². The first kappa shape index (κ1) is 12.5. The van der Waals surface area contributed by atoms with Crippen molar-refractivity contribution in [2.45, 2.75) is 24.4 Å². The minimum absolute atomic E-state index is 0.0622. The van der Waals surface area contributed by atoms with Gasteiger partial charge in [0.05, 0.1) is 11.5 Å². The molecule has 6 heteroatoms. The molecule has 17 heavy (non-hydrogen) atoms. The molecule has 1 heterocycles. The van der Waals surface area contributed by atoms with Crippen LogP contribution in [0, 0.1) is 0 Å². The number of nitrogens with one attached hydrogen (secondary N) is 1. The third-order valence-electron chi connectivity index (χ3n) is 3.21. The van der Waals surface area contributed by atoms with E-state index in [0.717, 1.165) is 5.56 Å². The van der Waals surface area contributed by atoms with Gasteiger partial charge < -0.3 is 9.47 Å². The van der Waals surface area contributed by atoms with E-state index in [1.807, 2.05) is 16.8 Å². The highest BCUT2D eigenvalue weighted by Gasteiger charge is 2.52. The number of methoxy groups -OCH3 is 1. The third-order valence-corrected chi connectivity index (χ3v) is 3.90. The van der Waals surface area contributed by atoms with Crippen LogP contribution in [0.25, 0.3) is 0 Å². The smallest absolute Gasteiger partial charge is 0.244 e. The molecule has 0 spiro atoms. The van der Waals surface area contributed by atoms with Crippen LogP contribution in [0.15, 0.2) is 16.8 Å². The van der Waals surface area contributed by atoms with Crippen molar-refractivity contribution in [1.82, 2.24) is 5.43 Å².